The zero-order chi connectivity index (χ0) is 13.8. The van der Waals surface area contributed by atoms with Gasteiger partial charge in [0.15, 0.2) is 0 Å². The Morgan fingerprint density at radius 2 is 2.11 bits per heavy atom. The third-order valence-electron chi connectivity index (χ3n) is 3.89. The molecule has 0 aromatic carbocycles. The summed E-state index contributed by atoms with van der Waals surface area (Å²) in [6, 6.07) is 0. The van der Waals surface area contributed by atoms with Crippen molar-refractivity contribution in [1.82, 2.24) is 14.7 Å². The van der Waals surface area contributed by atoms with Crippen molar-refractivity contribution in [2.45, 2.75) is 46.3 Å². The molecule has 1 fully saturated rings. The minimum atomic E-state index is 0.225. The van der Waals surface area contributed by atoms with Gasteiger partial charge in [0.05, 0.1) is 36.3 Å². The van der Waals surface area contributed by atoms with Crippen LogP contribution in [-0.2, 0) is 24.1 Å². The second-order valence-electron chi connectivity index (χ2n) is 5.08. The van der Waals surface area contributed by atoms with Crippen LogP contribution in [0.4, 0.5) is 5.69 Å². The normalized spacial score (nSPS) is 20.9. The zero-order valence-electron chi connectivity index (χ0n) is 12.4. The summed E-state index contributed by atoms with van der Waals surface area (Å²) in [5, 5.41) is 4.64. The van der Waals surface area contributed by atoms with Crippen LogP contribution in [-0.4, -0.2) is 47.0 Å². The Balaban J connectivity index is 2.09. The van der Waals surface area contributed by atoms with E-state index in [0.29, 0.717) is 0 Å². The smallest absolute Gasteiger partial charge is 0.0898 e. The summed E-state index contributed by atoms with van der Waals surface area (Å²) in [5.74, 6) is 0. The van der Waals surface area contributed by atoms with E-state index in [1.165, 1.54) is 0 Å². The third kappa shape index (κ3) is 3.09. The lowest BCUT2D eigenvalue weighted by atomic mass is 10.2. The van der Waals surface area contributed by atoms with Crippen molar-refractivity contribution in [2.75, 3.05) is 32.0 Å². The molecule has 1 aromatic rings. The maximum atomic E-state index is 6.15. The molecule has 1 aliphatic heterocycles. The number of hydrogen-bond acceptors (Lipinski definition) is 4. The topological polar surface area (TPSA) is 56.3 Å². The molecule has 0 spiro atoms. The molecule has 5 nitrogen and oxygen atoms in total. The van der Waals surface area contributed by atoms with Gasteiger partial charge in [-0.2, -0.15) is 5.10 Å². The minimum Gasteiger partial charge on any atom is -0.396 e. The summed E-state index contributed by atoms with van der Waals surface area (Å²) >= 11 is 0. The minimum absolute atomic E-state index is 0.225. The van der Waals surface area contributed by atoms with Gasteiger partial charge in [0.25, 0.3) is 0 Å². The standard InChI is InChI=1S/C14H26N4O/c1-4-12-14(15)13(5-2)18(16-12)10-11-9-17(6-3)7-8-19-11/h11H,4-10,15H2,1-3H3. The van der Waals surface area contributed by atoms with Crippen LogP contribution in [0.15, 0.2) is 0 Å². The molecule has 108 valence electrons. The maximum absolute atomic E-state index is 6.15. The van der Waals surface area contributed by atoms with Crippen molar-refractivity contribution in [3.05, 3.63) is 11.4 Å². The molecule has 0 radical (unpaired) electrons. The van der Waals surface area contributed by atoms with E-state index in [1.54, 1.807) is 0 Å². The van der Waals surface area contributed by atoms with Crippen LogP contribution in [0.2, 0.25) is 0 Å². The maximum Gasteiger partial charge on any atom is 0.0898 e. The molecule has 1 unspecified atom stereocenters. The van der Waals surface area contributed by atoms with Gasteiger partial charge in [-0.15, -0.1) is 0 Å². The molecule has 0 aliphatic carbocycles. The fraction of sp³-hybridized carbons (Fsp3) is 0.786. The highest BCUT2D eigenvalue weighted by Gasteiger charge is 2.22. The Labute approximate surface area is 115 Å². The van der Waals surface area contributed by atoms with Gasteiger partial charge in [-0.1, -0.05) is 20.8 Å². The van der Waals surface area contributed by atoms with Crippen molar-refractivity contribution in [3.63, 3.8) is 0 Å². The molecule has 2 rings (SSSR count). The van der Waals surface area contributed by atoms with Crippen molar-refractivity contribution < 1.29 is 4.74 Å². The first kappa shape index (κ1) is 14.3. The van der Waals surface area contributed by atoms with Crippen molar-refractivity contribution in [1.29, 1.82) is 0 Å². The molecule has 0 saturated carbocycles. The molecule has 2 heterocycles. The van der Waals surface area contributed by atoms with Gasteiger partial charge in [0.2, 0.25) is 0 Å². The van der Waals surface area contributed by atoms with E-state index < -0.39 is 0 Å². The number of rotatable bonds is 5. The summed E-state index contributed by atoms with van der Waals surface area (Å²) in [7, 11) is 0. The first-order valence-electron chi connectivity index (χ1n) is 7.37. The average molecular weight is 266 g/mol. The zero-order valence-corrected chi connectivity index (χ0v) is 12.4. The number of nitrogens with two attached hydrogens (primary N) is 1. The number of hydrogen-bond donors (Lipinski definition) is 1. The first-order chi connectivity index (χ1) is 9.19. The van der Waals surface area contributed by atoms with Crippen molar-refractivity contribution in [3.8, 4) is 0 Å². The van der Waals surface area contributed by atoms with Gasteiger partial charge in [-0.25, -0.2) is 0 Å². The summed E-state index contributed by atoms with van der Waals surface area (Å²) in [6.45, 7) is 11.2. The molecule has 0 bridgehead atoms. The number of aromatic nitrogens is 2. The van der Waals surface area contributed by atoms with Crippen LogP contribution < -0.4 is 5.73 Å². The summed E-state index contributed by atoms with van der Waals surface area (Å²) < 4.78 is 7.91. The number of likely N-dealkylation sites (N-methyl/N-ethyl adjacent to an activating group) is 1. The molecule has 1 atom stereocenters. The Kier molecular flexibility index (Phi) is 4.82. The summed E-state index contributed by atoms with van der Waals surface area (Å²) in [4.78, 5) is 2.42. The number of anilines is 1. The van der Waals surface area contributed by atoms with Crippen LogP contribution in [0, 0.1) is 0 Å². The third-order valence-corrected chi connectivity index (χ3v) is 3.89. The predicted molar refractivity (Wildman–Crippen MR) is 77.2 cm³/mol. The predicted octanol–water partition coefficient (Wildman–Crippen LogP) is 1.31. The second-order valence-corrected chi connectivity index (χ2v) is 5.08. The van der Waals surface area contributed by atoms with E-state index >= 15 is 0 Å². The van der Waals surface area contributed by atoms with Gasteiger partial charge in [-0.05, 0) is 19.4 Å². The van der Waals surface area contributed by atoms with E-state index in [0.717, 1.165) is 62.7 Å². The Bertz CT molecular complexity index is 416. The lowest BCUT2D eigenvalue weighted by Gasteiger charge is -2.32. The summed E-state index contributed by atoms with van der Waals surface area (Å²) in [6.07, 6.45) is 2.03. The number of ether oxygens (including phenoxy) is 1. The van der Waals surface area contributed by atoms with Crippen LogP contribution in [0.3, 0.4) is 0 Å². The molecular formula is C14H26N4O. The van der Waals surface area contributed by atoms with Gasteiger partial charge in [-0.3, -0.25) is 9.58 Å². The van der Waals surface area contributed by atoms with Gasteiger partial charge >= 0.3 is 0 Å². The fourth-order valence-corrected chi connectivity index (χ4v) is 2.72. The van der Waals surface area contributed by atoms with E-state index in [2.05, 4.69) is 35.5 Å². The number of aryl methyl sites for hydroxylation is 1. The number of nitrogen functional groups attached to an aromatic ring is 1. The Morgan fingerprint density at radius 3 is 2.74 bits per heavy atom. The van der Waals surface area contributed by atoms with E-state index in [1.807, 2.05) is 0 Å². The molecule has 1 saturated heterocycles. The molecule has 19 heavy (non-hydrogen) atoms. The number of morpholine rings is 1. The van der Waals surface area contributed by atoms with Crippen LogP contribution in [0.1, 0.15) is 32.2 Å². The fourth-order valence-electron chi connectivity index (χ4n) is 2.72. The monoisotopic (exact) mass is 266 g/mol. The molecule has 1 aliphatic rings. The van der Waals surface area contributed by atoms with Crippen LogP contribution in [0.25, 0.3) is 0 Å². The van der Waals surface area contributed by atoms with E-state index in [9.17, 15) is 0 Å². The highest BCUT2D eigenvalue weighted by atomic mass is 16.5. The highest BCUT2D eigenvalue weighted by Crippen LogP contribution is 2.19. The lowest BCUT2D eigenvalue weighted by Crippen LogP contribution is -2.44. The number of nitrogens with zero attached hydrogens (tertiary/aromatic N) is 3. The molecular weight excluding hydrogens is 240 g/mol. The molecule has 1 aromatic heterocycles. The second kappa shape index (κ2) is 6.39. The van der Waals surface area contributed by atoms with Gasteiger partial charge in [0, 0.05) is 13.1 Å². The van der Waals surface area contributed by atoms with Gasteiger partial charge < -0.3 is 10.5 Å². The van der Waals surface area contributed by atoms with Crippen LogP contribution >= 0.6 is 0 Å². The Morgan fingerprint density at radius 1 is 1.32 bits per heavy atom. The van der Waals surface area contributed by atoms with E-state index in [-0.39, 0.29) is 6.10 Å². The lowest BCUT2D eigenvalue weighted by molar-refractivity contribution is -0.0361. The molecule has 5 heteroatoms. The van der Waals surface area contributed by atoms with Crippen molar-refractivity contribution in [2.24, 2.45) is 0 Å². The average Bonchev–Trinajstić information content (AvgIpc) is 2.74. The molecule has 0 amide bonds. The van der Waals surface area contributed by atoms with E-state index in [4.69, 9.17) is 10.5 Å². The van der Waals surface area contributed by atoms with Crippen LogP contribution in [0.5, 0.6) is 0 Å². The van der Waals surface area contributed by atoms with Gasteiger partial charge in [0.1, 0.15) is 0 Å². The molecule has 2 N–H and O–H groups in total. The quantitative estimate of drug-likeness (QED) is 0.873. The SMILES string of the molecule is CCc1nn(CC2CN(CC)CCO2)c(CC)c1N. The van der Waals surface area contributed by atoms with Crippen molar-refractivity contribution >= 4 is 5.69 Å². The highest BCUT2D eigenvalue weighted by molar-refractivity contribution is 5.48. The summed E-state index contributed by atoms with van der Waals surface area (Å²) in [5.41, 5.74) is 9.18. The largest absolute Gasteiger partial charge is 0.396 e. The first-order valence-corrected chi connectivity index (χ1v) is 7.37. The Hall–Kier alpha value is -1.07.